The van der Waals surface area contributed by atoms with Crippen LogP contribution in [-0.4, -0.2) is 0 Å². The van der Waals surface area contributed by atoms with Crippen LogP contribution in [-0.2, 0) is 0 Å². The lowest BCUT2D eigenvalue weighted by Crippen LogP contribution is -1.90. The highest BCUT2D eigenvalue weighted by Crippen LogP contribution is 2.28. The van der Waals surface area contributed by atoms with Crippen molar-refractivity contribution in [3.8, 4) is 0 Å². The first-order valence-electron chi connectivity index (χ1n) is 5.67. The van der Waals surface area contributed by atoms with Crippen LogP contribution in [0.15, 0.2) is 45.0 Å². The molecule has 5 rings (SSSR count). The van der Waals surface area contributed by atoms with Crippen LogP contribution in [0.25, 0.3) is 0 Å². The maximum absolute atomic E-state index is 4.68. The molecule has 2 aliphatic rings. The molecular weight excluding hydrogens is 260 g/mol. The predicted molar refractivity (Wildman–Crippen MR) is 72.1 cm³/mol. The normalized spacial score (nSPS) is 13.3. The van der Waals surface area contributed by atoms with Gasteiger partial charge in [-0.25, -0.2) is 9.98 Å². The van der Waals surface area contributed by atoms with Gasteiger partial charge in [0.1, 0.15) is 0 Å². The minimum Gasteiger partial charge on any atom is -0.247 e. The van der Waals surface area contributed by atoms with Gasteiger partial charge in [0.2, 0.25) is 0 Å². The van der Waals surface area contributed by atoms with Crippen LogP contribution < -0.4 is 10.7 Å². The molecule has 0 amide bonds. The Hall–Kier alpha value is -1.78. The highest BCUT2D eigenvalue weighted by molar-refractivity contribution is 7.08. The molecule has 4 heteroatoms. The number of nitrogens with zero attached hydrogens (tertiary/aromatic N) is 2. The van der Waals surface area contributed by atoms with Gasteiger partial charge in [-0.1, -0.05) is 0 Å². The van der Waals surface area contributed by atoms with E-state index in [0.29, 0.717) is 0 Å². The van der Waals surface area contributed by atoms with Crippen molar-refractivity contribution in [3.63, 3.8) is 0 Å². The Balaban J connectivity index is 2.12. The molecule has 84 valence electrons. The van der Waals surface area contributed by atoms with Gasteiger partial charge in [-0.2, -0.15) is 0 Å². The summed E-state index contributed by atoms with van der Waals surface area (Å²) in [6, 6.07) is 8.53. The molecule has 3 aromatic rings. The number of benzene rings is 1. The predicted octanol–water partition coefficient (Wildman–Crippen LogP) is 2.91. The molecule has 1 aromatic carbocycles. The van der Waals surface area contributed by atoms with Crippen molar-refractivity contribution in [2.24, 2.45) is 9.98 Å². The van der Waals surface area contributed by atoms with E-state index in [-0.39, 0.29) is 0 Å². The third-order valence-corrected chi connectivity index (χ3v) is 5.25. The molecule has 0 unspecified atom stereocenters. The van der Waals surface area contributed by atoms with Crippen molar-refractivity contribution < 1.29 is 0 Å². The van der Waals surface area contributed by atoms with E-state index in [4.69, 9.17) is 0 Å². The summed E-state index contributed by atoms with van der Waals surface area (Å²) in [5, 5.41) is 8.86. The molecule has 0 bridgehead atoms. The van der Waals surface area contributed by atoms with Crippen molar-refractivity contribution in [1.29, 1.82) is 0 Å². The first kappa shape index (κ1) is 9.19. The third-order valence-electron chi connectivity index (χ3n) is 3.37. The first-order chi connectivity index (χ1) is 8.90. The zero-order chi connectivity index (χ0) is 11.7. The minimum atomic E-state index is 1.09. The van der Waals surface area contributed by atoms with Gasteiger partial charge in [0.25, 0.3) is 0 Å². The Morgan fingerprint density at radius 1 is 0.722 bits per heavy atom. The lowest BCUT2D eigenvalue weighted by Gasteiger charge is -1.94. The van der Waals surface area contributed by atoms with E-state index >= 15 is 0 Å². The van der Waals surface area contributed by atoms with Gasteiger partial charge < -0.3 is 0 Å². The molecule has 0 saturated carbocycles. The number of thiophene rings is 2. The van der Waals surface area contributed by atoms with Crippen LogP contribution in [0.1, 0.15) is 0 Å². The summed E-state index contributed by atoms with van der Waals surface area (Å²) in [7, 11) is 0. The van der Waals surface area contributed by atoms with E-state index in [9.17, 15) is 0 Å². The number of hydrogen-bond donors (Lipinski definition) is 0. The van der Waals surface area contributed by atoms with E-state index in [1.165, 1.54) is 19.5 Å². The summed E-state index contributed by atoms with van der Waals surface area (Å²) in [6.45, 7) is 0. The fourth-order valence-corrected chi connectivity index (χ4v) is 4.29. The maximum Gasteiger partial charge on any atom is 0.0824 e. The average molecular weight is 266 g/mol. The number of rotatable bonds is 0. The monoisotopic (exact) mass is 266 g/mol. The Labute approximate surface area is 109 Å². The van der Waals surface area contributed by atoms with Gasteiger partial charge in [0.05, 0.1) is 31.2 Å². The van der Waals surface area contributed by atoms with Crippen molar-refractivity contribution in [3.05, 3.63) is 65.2 Å². The second kappa shape index (κ2) is 2.96. The Morgan fingerprint density at radius 2 is 1.22 bits per heavy atom. The summed E-state index contributed by atoms with van der Waals surface area (Å²) in [5.41, 5.74) is 2.18. The molecule has 0 spiro atoms. The number of hydrogen-bond acceptors (Lipinski definition) is 4. The van der Waals surface area contributed by atoms with Crippen LogP contribution in [0.5, 0.6) is 0 Å². The zero-order valence-electron chi connectivity index (χ0n) is 9.18. The summed E-state index contributed by atoms with van der Waals surface area (Å²) in [4.78, 5) is 9.37. The average Bonchev–Trinajstić information content (AvgIpc) is 3.04. The first-order valence-corrected chi connectivity index (χ1v) is 7.43. The van der Waals surface area contributed by atoms with Crippen molar-refractivity contribution in [2.45, 2.75) is 0 Å². The summed E-state index contributed by atoms with van der Waals surface area (Å²) in [6.07, 6.45) is 0. The van der Waals surface area contributed by atoms with Gasteiger partial charge in [-0.15, -0.1) is 22.7 Å². The van der Waals surface area contributed by atoms with Crippen molar-refractivity contribution in [1.82, 2.24) is 0 Å². The molecular formula is C14H6N2S2. The highest BCUT2D eigenvalue weighted by atomic mass is 32.1. The fourth-order valence-electron chi connectivity index (χ4n) is 2.57. The van der Waals surface area contributed by atoms with Crippen LogP contribution in [0.2, 0.25) is 0 Å². The van der Waals surface area contributed by atoms with Gasteiger partial charge in [0, 0.05) is 10.4 Å². The van der Waals surface area contributed by atoms with E-state index < -0.39 is 0 Å². The van der Waals surface area contributed by atoms with E-state index in [2.05, 4.69) is 45.0 Å². The van der Waals surface area contributed by atoms with Gasteiger partial charge >= 0.3 is 0 Å². The Bertz CT molecular complexity index is 1030. The van der Waals surface area contributed by atoms with Crippen LogP contribution in [0.4, 0.5) is 11.4 Å². The van der Waals surface area contributed by atoms with Gasteiger partial charge in [0.15, 0.2) is 0 Å². The second-order valence-corrected chi connectivity index (χ2v) is 6.21. The summed E-state index contributed by atoms with van der Waals surface area (Å²) in [5.74, 6) is 0. The zero-order valence-corrected chi connectivity index (χ0v) is 10.8. The van der Waals surface area contributed by atoms with E-state index in [1.807, 2.05) is 0 Å². The largest absolute Gasteiger partial charge is 0.247 e. The lowest BCUT2D eigenvalue weighted by molar-refractivity contribution is 1.38. The summed E-state index contributed by atoms with van der Waals surface area (Å²) < 4.78 is 2.55. The summed E-state index contributed by atoms with van der Waals surface area (Å²) >= 11 is 3.51. The van der Waals surface area contributed by atoms with Crippen LogP contribution >= 0.6 is 22.7 Å². The van der Waals surface area contributed by atoms with Gasteiger partial charge in [-0.3, -0.25) is 0 Å². The highest BCUT2D eigenvalue weighted by Gasteiger charge is 2.11. The SMILES string of the molecule is c1cc2c(s1)=c1cc3c(cc1N=2)=c1sccc1=N3. The topological polar surface area (TPSA) is 24.7 Å². The smallest absolute Gasteiger partial charge is 0.0824 e. The quantitative estimate of drug-likeness (QED) is 0.412. The van der Waals surface area contributed by atoms with Gasteiger partial charge in [-0.05, 0) is 35.0 Å². The second-order valence-electron chi connectivity index (χ2n) is 4.38. The lowest BCUT2D eigenvalue weighted by atomic mass is 10.2. The molecule has 0 N–H and O–H groups in total. The molecule has 0 aliphatic carbocycles. The van der Waals surface area contributed by atoms with Crippen molar-refractivity contribution >= 4 is 34.0 Å². The molecule has 0 fully saturated rings. The van der Waals surface area contributed by atoms with E-state index in [0.717, 1.165) is 22.1 Å². The molecule has 4 heterocycles. The van der Waals surface area contributed by atoms with Crippen LogP contribution in [0, 0.1) is 19.5 Å². The molecule has 2 aromatic heterocycles. The number of fused-ring (bicyclic) bond motifs is 4. The molecule has 0 saturated heterocycles. The minimum absolute atomic E-state index is 1.09. The molecule has 0 radical (unpaired) electrons. The van der Waals surface area contributed by atoms with Crippen LogP contribution in [0.3, 0.4) is 0 Å². The standard InChI is InChI=1S/C14H6N2S2/c1-3-17-13-7-5-12-8(6-11(7)15-9(1)13)14-10(16-12)2-4-18-14/h1-6H. The third kappa shape index (κ3) is 0.985. The molecule has 18 heavy (non-hydrogen) atoms. The maximum atomic E-state index is 4.68. The molecule has 2 nitrogen and oxygen atoms in total. The fraction of sp³-hybridized carbons (Fsp3) is 0. The molecule has 0 atom stereocenters. The molecule has 2 aliphatic heterocycles. The van der Waals surface area contributed by atoms with E-state index in [1.54, 1.807) is 22.7 Å². The van der Waals surface area contributed by atoms with Crippen molar-refractivity contribution in [2.75, 3.05) is 0 Å². The Kier molecular flexibility index (Phi) is 1.51. The Morgan fingerprint density at radius 3 is 1.72 bits per heavy atom.